The van der Waals surface area contributed by atoms with E-state index in [4.69, 9.17) is 0 Å². The summed E-state index contributed by atoms with van der Waals surface area (Å²) in [6, 6.07) is 14.5. The second kappa shape index (κ2) is 5.65. The van der Waals surface area contributed by atoms with Gasteiger partial charge < -0.3 is 5.11 Å². The zero-order valence-corrected chi connectivity index (χ0v) is 13.2. The van der Waals surface area contributed by atoms with E-state index in [1.165, 1.54) is 6.07 Å². The zero-order chi connectivity index (χ0) is 16.6. The minimum atomic E-state index is -1.18. The minimum absolute atomic E-state index is 0.143. The van der Waals surface area contributed by atoms with E-state index in [2.05, 4.69) is 0 Å². The van der Waals surface area contributed by atoms with Gasteiger partial charge in [0.05, 0.1) is 0 Å². The van der Waals surface area contributed by atoms with Gasteiger partial charge in [0.25, 0.3) is 0 Å². The summed E-state index contributed by atoms with van der Waals surface area (Å²) in [6.07, 6.45) is 2.48. The van der Waals surface area contributed by atoms with Crippen molar-refractivity contribution in [3.8, 4) is 0 Å². The molecule has 0 saturated heterocycles. The highest BCUT2D eigenvalue weighted by Crippen LogP contribution is 2.48. The van der Waals surface area contributed by atoms with Crippen molar-refractivity contribution in [1.29, 1.82) is 0 Å². The molecular weight excluding hydrogens is 291 g/mol. The summed E-state index contributed by atoms with van der Waals surface area (Å²) in [5, 5.41) is 10.0. The van der Waals surface area contributed by atoms with Gasteiger partial charge in [0.1, 0.15) is 11.2 Å². The van der Waals surface area contributed by atoms with E-state index in [0.717, 1.165) is 11.1 Å². The maximum Gasteiger partial charge on any atom is 0.318 e. The number of halogens is 1. The monoisotopic (exact) mass is 310 g/mol. The molecule has 0 heterocycles. The lowest BCUT2D eigenvalue weighted by Crippen LogP contribution is -2.38. The van der Waals surface area contributed by atoms with Gasteiger partial charge in [-0.3, -0.25) is 4.79 Å². The number of carbonyl (C=O) groups is 1. The molecule has 1 aliphatic rings. The Morgan fingerprint density at radius 1 is 1.17 bits per heavy atom. The van der Waals surface area contributed by atoms with Crippen LogP contribution in [0.1, 0.15) is 30.0 Å². The number of carboxylic acids is 1. The first-order valence-corrected chi connectivity index (χ1v) is 7.73. The molecule has 2 unspecified atom stereocenters. The largest absolute Gasteiger partial charge is 0.480 e. The van der Waals surface area contributed by atoms with E-state index < -0.39 is 11.4 Å². The fourth-order valence-corrected chi connectivity index (χ4v) is 3.61. The Bertz CT molecular complexity index is 779. The molecule has 2 aromatic rings. The van der Waals surface area contributed by atoms with Gasteiger partial charge in [-0.05, 0) is 47.6 Å². The first kappa shape index (κ1) is 15.5. The Hall–Kier alpha value is -2.42. The van der Waals surface area contributed by atoms with Crippen LogP contribution in [0.5, 0.6) is 0 Å². The SMILES string of the molecule is Cc1c(F)cccc1C1(C(=O)O)C=C(c2ccccc2)CC1C. The molecule has 23 heavy (non-hydrogen) atoms. The van der Waals surface area contributed by atoms with E-state index in [0.29, 0.717) is 17.5 Å². The topological polar surface area (TPSA) is 37.3 Å². The predicted molar refractivity (Wildman–Crippen MR) is 88.7 cm³/mol. The quantitative estimate of drug-likeness (QED) is 0.901. The van der Waals surface area contributed by atoms with Crippen LogP contribution in [0.4, 0.5) is 4.39 Å². The fourth-order valence-electron chi connectivity index (χ4n) is 3.61. The second-order valence-electron chi connectivity index (χ2n) is 6.23. The highest BCUT2D eigenvalue weighted by Gasteiger charge is 2.48. The second-order valence-corrected chi connectivity index (χ2v) is 6.23. The number of allylic oxidation sites excluding steroid dienone is 1. The third-order valence-electron chi connectivity index (χ3n) is 4.92. The zero-order valence-electron chi connectivity index (χ0n) is 13.2. The Kier molecular flexibility index (Phi) is 3.80. The molecule has 2 aromatic carbocycles. The van der Waals surface area contributed by atoms with Gasteiger partial charge in [0.2, 0.25) is 0 Å². The predicted octanol–water partition coefficient (Wildman–Crippen LogP) is 4.58. The molecule has 0 saturated carbocycles. The van der Waals surface area contributed by atoms with E-state index in [1.54, 1.807) is 19.1 Å². The molecule has 0 spiro atoms. The lowest BCUT2D eigenvalue weighted by molar-refractivity contribution is -0.143. The first-order chi connectivity index (χ1) is 11.0. The summed E-state index contributed by atoms with van der Waals surface area (Å²) in [6.45, 7) is 3.57. The maximum absolute atomic E-state index is 14.0. The number of benzene rings is 2. The number of hydrogen-bond donors (Lipinski definition) is 1. The molecule has 3 heteroatoms. The molecule has 0 aromatic heterocycles. The highest BCUT2D eigenvalue weighted by atomic mass is 19.1. The summed E-state index contributed by atoms with van der Waals surface area (Å²) in [5.74, 6) is -1.43. The molecule has 118 valence electrons. The molecule has 1 aliphatic carbocycles. The molecule has 2 nitrogen and oxygen atoms in total. The molecule has 0 aliphatic heterocycles. The molecule has 2 atom stereocenters. The van der Waals surface area contributed by atoms with Crippen molar-refractivity contribution in [1.82, 2.24) is 0 Å². The highest BCUT2D eigenvalue weighted by molar-refractivity contribution is 5.90. The Labute approximate surface area is 135 Å². The average molecular weight is 310 g/mol. The number of carboxylic acid groups (broad SMARTS) is 1. The van der Waals surface area contributed by atoms with Crippen molar-refractivity contribution in [2.24, 2.45) is 5.92 Å². The molecule has 0 radical (unpaired) electrons. The van der Waals surface area contributed by atoms with Crippen LogP contribution in [0.2, 0.25) is 0 Å². The maximum atomic E-state index is 14.0. The van der Waals surface area contributed by atoms with Gasteiger partial charge >= 0.3 is 5.97 Å². The lowest BCUT2D eigenvalue weighted by atomic mass is 9.72. The smallest absolute Gasteiger partial charge is 0.318 e. The van der Waals surface area contributed by atoms with Crippen LogP contribution in [-0.4, -0.2) is 11.1 Å². The van der Waals surface area contributed by atoms with Gasteiger partial charge in [-0.1, -0.05) is 55.5 Å². The number of aliphatic carboxylic acids is 1. The normalized spacial score (nSPS) is 23.6. The number of rotatable bonds is 3. The van der Waals surface area contributed by atoms with Gasteiger partial charge in [0, 0.05) is 0 Å². The van der Waals surface area contributed by atoms with Crippen molar-refractivity contribution >= 4 is 11.5 Å². The van der Waals surface area contributed by atoms with Crippen LogP contribution < -0.4 is 0 Å². The van der Waals surface area contributed by atoms with Crippen molar-refractivity contribution in [3.63, 3.8) is 0 Å². The summed E-state index contributed by atoms with van der Waals surface area (Å²) in [5.41, 5.74) is 1.80. The molecule has 0 fully saturated rings. The summed E-state index contributed by atoms with van der Waals surface area (Å²) in [7, 11) is 0. The minimum Gasteiger partial charge on any atom is -0.480 e. The van der Waals surface area contributed by atoms with E-state index in [9.17, 15) is 14.3 Å². The standard InChI is InChI=1S/C20H19FO2/c1-13-11-16(15-7-4-3-5-8-15)12-20(13,19(22)23)17-9-6-10-18(21)14(17)2/h3-10,12-13H,11H2,1-2H3,(H,22,23). The third-order valence-corrected chi connectivity index (χ3v) is 4.92. The van der Waals surface area contributed by atoms with Gasteiger partial charge in [-0.25, -0.2) is 4.39 Å². The van der Waals surface area contributed by atoms with Gasteiger partial charge in [-0.15, -0.1) is 0 Å². The van der Waals surface area contributed by atoms with Crippen LogP contribution in [0.15, 0.2) is 54.6 Å². The lowest BCUT2D eigenvalue weighted by Gasteiger charge is -2.30. The third kappa shape index (κ3) is 2.37. The molecule has 0 bridgehead atoms. The van der Waals surface area contributed by atoms with Crippen LogP contribution in [0.25, 0.3) is 5.57 Å². The van der Waals surface area contributed by atoms with Crippen LogP contribution in [0.3, 0.4) is 0 Å². The van der Waals surface area contributed by atoms with Gasteiger partial charge in [0.15, 0.2) is 0 Å². The summed E-state index contributed by atoms with van der Waals surface area (Å²) < 4.78 is 14.0. The van der Waals surface area contributed by atoms with Crippen molar-refractivity contribution in [2.75, 3.05) is 0 Å². The van der Waals surface area contributed by atoms with Crippen molar-refractivity contribution in [3.05, 3.63) is 77.1 Å². The van der Waals surface area contributed by atoms with E-state index in [1.807, 2.05) is 43.3 Å². The van der Waals surface area contributed by atoms with E-state index >= 15 is 0 Å². The summed E-state index contributed by atoms with van der Waals surface area (Å²) >= 11 is 0. The van der Waals surface area contributed by atoms with E-state index in [-0.39, 0.29) is 11.7 Å². The molecule has 1 N–H and O–H groups in total. The van der Waals surface area contributed by atoms with Crippen LogP contribution in [-0.2, 0) is 10.2 Å². The van der Waals surface area contributed by atoms with Crippen LogP contribution in [0, 0.1) is 18.7 Å². The molecular formula is C20H19FO2. The number of hydrogen-bond acceptors (Lipinski definition) is 1. The Morgan fingerprint density at radius 3 is 2.52 bits per heavy atom. The molecule has 0 amide bonds. The van der Waals surface area contributed by atoms with Crippen LogP contribution >= 0.6 is 0 Å². The fraction of sp³-hybridized carbons (Fsp3) is 0.250. The van der Waals surface area contributed by atoms with Gasteiger partial charge in [-0.2, -0.15) is 0 Å². The Morgan fingerprint density at radius 2 is 1.87 bits per heavy atom. The van der Waals surface area contributed by atoms with Crippen molar-refractivity contribution < 1.29 is 14.3 Å². The summed E-state index contributed by atoms with van der Waals surface area (Å²) in [4.78, 5) is 12.2. The van der Waals surface area contributed by atoms with Crippen molar-refractivity contribution in [2.45, 2.75) is 25.7 Å². The molecule has 3 rings (SSSR count). The average Bonchev–Trinajstić information content (AvgIpc) is 2.89. The first-order valence-electron chi connectivity index (χ1n) is 7.73. The Balaban J connectivity index is 2.20.